The first kappa shape index (κ1) is 78.8. The van der Waals surface area contributed by atoms with Crippen molar-refractivity contribution in [2.75, 3.05) is 13.2 Å². The van der Waals surface area contributed by atoms with Gasteiger partial charge in [0, 0.05) is 19.3 Å². The summed E-state index contributed by atoms with van der Waals surface area (Å²) in [6, 6.07) is 0. The Morgan fingerprint density at radius 2 is 0.470 bits per heavy atom. The van der Waals surface area contributed by atoms with E-state index in [1.165, 1.54) is 148 Å². The van der Waals surface area contributed by atoms with Gasteiger partial charge in [-0.15, -0.1) is 0 Å². The topological polar surface area (TPSA) is 78.9 Å². The van der Waals surface area contributed by atoms with Gasteiger partial charge >= 0.3 is 17.9 Å². The van der Waals surface area contributed by atoms with Crippen molar-refractivity contribution in [1.29, 1.82) is 0 Å². The van der Waals surface area contributed by atoms with Gasteiger partial charge in [0.1, 0.15) is 13.2 Å². The molecule has 0 rings (SSSR count). The van der Waals surface area contributed by atoms with Crippen LogP contribution in [0.5, 0.6) is 0 Å². The SMILES string of the molecule is CC/C=C\C/C=C\C/C=C\C/C=C\C/C=C\CCCCCCCC(=O)OC(COC(=O)CCCCCCC/C=C\CCCC)COC(=O)CCCCCCCCCCCCCCCCCCCCCC/C=C\C/C=C\C/C=C\C/C=C\CC. The first-order valence-corrected chi connectivity index (χ1v) is 35.0. The molecule has 0 amide bonds. The zero-order valence-corrected chi connectivity index (χ0v) is 54.4. The van der Waals surface area contributed by atoms with Crippen LogP contribution < -0.4 is 0 Å². The lowest BCUT2D eigenvalue weighted by molar-refractivity contribution is -0.167. The first-order chi connectivity index (χ1) is 41.0. The second-order valence-corrected chi connectivity index (χ2v) is 23.0. The molecule has 0 N–H and O–H groups in total. The van der Waals surface area contributed by atoms with Crippen LogP contribution in [0, 0.1) is 0 Å². The summed E-state index contributed by atoms with van der Waals surface area (Å²) in [6.07, 6.45) is 98.1. The van der Waals surface area contributed by atoms with E-state index in [2.05, 4.69) is 142 Å². The average molecular weight is 1150 g/mol. The molecule has 1 atom stereocenters. The van der Waals surface area contributed by atoms with Crippen molar-refractivity contribution < 1.29 is 28.6 Å². The Hall–Kier alpha value is -4.19. The number of carbonyl (C=O) groups excluding carboxylic acids is 3. The molecule has 6 heteroatoms. The van der Waals surface area contributed by atoms with Crippen LogP contribution in [-0.2, 0) is 28.6 Å². The lowest BCUT2D eigenvalue weighted by atomic mass is 10.0. The van der Waals surface area contributed by atoms with Crippen LogP contribution >= 0.6 is 0 Å². The van der Waals surface area contributed by atoms with E-state index in [1.807, 2.05) is 0 Å². The second-order valence-electron chi connectivity index (χ2n) is 23.0. The molecule has 0 saturated heterocycles. The second kappa shape index (κ2) is 70.3. The van der Waals surface area contributed by atoms with Crippen LogP contribution in [0.15, 0.2) is 122 Å². The van der Waals surface area contributed by atoms with Crippen LogP contribution in [-0.4, -0.2) is 37.2 Å². The van der Waals surface area contributed by atoms with Gasteiger partial charge in [-0.05, 0) is 122 Å². The number of ether oxygens (including phenoxy) is 3. The van der Waals surface area contributed by atoms with E-state index in [1.54, 1.807) is 0 Å². The fraction of sp³-hybridized carbons (Fsp3) is 0.701. The molecule has 0 aliphatic heterocycles. The van der Waals surface area contributed by atoms with Gasteiger partial charge in [0.25, 0.3) is 0 Å². The summed E-state index contributed by atoms with van der Waals surface area (Å²) in [5, 5.41) is 0. The van der Waals surface area contributed by atoms with E-state index < -0.39 is 6.10 Å². The molecule has 0 fully saturated rings. The summed E-state index contributed by atoms with van der Waals surface area (Å²) in [5.74, 6) is -0.906. The summed E-state index contributed by atoms with van der Waals surface area (Å²) in [4.78, 5) is 38.3. The Bertz CT molecular complexity index is 1700. The standard InChI is InChI=1S/C77H130O6/c1-4-7-10-13-16-19-22-24-26-28-30-32-33-34-35-36-37-38-39-40-41-42-43-45-46-48-50-52-55-58-61-64-67-70-76(79)82-73-74(72-81-75(78)69-66-63-60-57-54-21-18-15-12-9-6-3)83-77(80)71-68-65-62-59-56-53-51-49-47-44-31-29-27-25-23-20-17-14-11-8-5-2/h7-8,10-11,15-20,24-27,30-32,44,49,51,74H,4-6,9,12-14,21-23,28-29,33-43,45-48,50,52-73H2,1-3H3/b10-7-,11-8-,18-15-,19-16-,20-17-,26-24-,27-25-,32-30-,44-31-,51-49-. The van der Waals surface area contributed by atoms with Crippen molar-refractivity contribution >= 4 is 17.9 Å². The highest BCUT2D eigenvalue weighted by Crippen LogP contribution is 2.17. The molecule has 83 heavy (non-hydrogen) atoms. The predicted octanol–water partition coefficient (Wildman–Crippen LogP) is 24.3. The highest BCUT2D eigenvalue weighted by molar-refractivity contribution is 5.71. The molecule has 0 saturated carbocycles. The van der Waals surface area contributed by atoms with Gasteiger partial charge in [-0.3, -0.25) is 14.4 Å². The number of carbonyl (C=O) groups is 3. The number of esters is 3. The smallest absolute Gasteiger partial charge is 0.306 e. The van der Waals surface area contributed by atoms with Crippen molar-refractivity contribution in [2.24, 2.45) is 0 Å². The van der Waals surface area contributed by atoms with Gasteiger partial charge in [0.15, 0.2) is 6.10 Å². The van der Waals surface area contributed by atoms with E-state index in [0.717, 1.165) is 141 Å². The molecule has 474 valence electrons. The van der Waals surface area contributed by atoms with Crippen molar-refractivity contribution in [3.8, 4) is 0 Å². The summed E-state index contributed by atoms with van der Waals surface area (Å²) < 4.78 is 16.9. The molecule has 0 aromatic carbocycles. The normalized spacial score (nSPS) is 12.9. The predicted molar refractivity (Wildman–Crippen MR) is 362 cm³/mol. The maximum Gasteiger partial charge on any atom is 0.306 e. The van der Waals surface area contributed by atoms with Gasteiger partial charge in [0.2, 0.25) is 0 Å². The van der Waals surface area contributed by atoms with Crippen molar-refractivity contribution in [3.63, 3.8) is 0 Å². The molecule has 0 aromatic rings. The number of allylic oxidation sites excluding steroid dienone is 20. The minimum Gasteiger partial charge on any atom is -0.462 e. The van der Waals surface area contributed by atoms with E-state index in [9.17, 15) is 14.4 Å². The zero-order valence-electron chi connectivity index (χ0n) is 54.4. The number of unbranched alkanes of at least 4 members (excludes halogenated alkanes) is 32. The molecule has 0 radical (unpaired) electrons. The van der Waals surface area contributed by atoms with Crippen LogP contribution in [0.1, 0.15) is 329 Å². The van der Waals surface area contributed by atoms with Crippen LogP contribution in [0.25, 0.3) is 0 Å². The van der Waals surface area contributed by atoms with E-state index in [0.29, 0.717) is 19.3 Å². The van der Waals surface area contributed by atoms with Gasteiger partial charge in [0.05, 0.1) is 0 Å². The van der Waals surface area contributed by atoms with Gasteiger partial charge < -0.3 is 14.2 Å². The maximum absolute atomic E-state index is 12.9. The highest BCUT2D eigenvalue weighted by Gasteiger charge is 2.19. The fourth-order valence-corrected chi connectivity index (χ4v) is 9.74. The Morgan fingerprint density at radius 1 is 0.253 bits per heavy atom. The number of hydrogen-bond donors (Lipinski definition) is 0. The first-order valence-electron chi connectivity index (χ1n) is 35.0. The lowest BCUT2D eigenvalue weighted by Crippen LogP contribution is -2.30. The Balaban J connectivity index is 4.18. The molecule has 0 aliphatic rings. The van der Waals surface area contributed by atoms with Crippen molar-refractivity contribution in [3.05, 3.63) is 122 Å². The van der Waals surface area contributed by atoms with Gasteiger partial charge in [-0.1, -0.05) is 309 Å². The van der Waals surface area contributed by atoms with Crippen LogP contribution in [0.2, 0.25) is 0 Å². The molecule has 0 aromatic heterocycles. The molecule has 0 bridgehead atoms. The molecule has 0 aliphatic carbocycles. The summed E-state index contributed by atoms with van der Waals surface area (Å²) in [7, 11) is 0. The minimum absolute atomic E-state index is 0.0875. The molecule has 0 heterocycles. The Morgan fingerprint density at radius 3 is 0.747 bits per heavy atom. The fourth-order valence-electron chi connectivity index (χ4n) is 9.74. The van der Waals surface area contributed by atoms with Crippen molar-refractivity contribution in [2.45, 2.75) is 335 Å². The van der Waals surface area contributed by atoms with Crippen LogP contribution in [0.4, 0.5) is 0 Å². The average Bonchev–Trinajstić information content (AvgIpc) is 3.48. The summed E-state index contributed by atoms with van der Waals surface area (Å²) >= 11 is 0. The molecule has 0 spiro atoms. The van der Waals surface area contributed by atoms with Crippen molar-refractivity contribution in [1.82, 2.24) is 0 Å². The molecule has 6 nitrogen and oxygen atoms in total. The van der Waals surface area contributed by atoms with E-state index in [-0.39, 0.29) is 31.1 Å². The van der Waals surface area contributed by atoms with E-state index in [4.69, 9.17) is 14.2 Å². The largest absolute Gasteiger partial charge is 0.462 e. The third-order valence-electron chi connectivity index (χ3n) is 14.9. The molecular weight excluding hydrogens is 1020 g/mol. The number of hydrogen-bond acceptors (Lipinski definition) is 6. The van der Waals surface area contributed by atoms with Gasteiger partial charge in [-0.2, -0.15) is 0 Å². The third-order valence-corrected chi connectivity index (χ3v) is 14.9. The third kappa shape index (κ3) is 68.5. The van der Waals surface area contributed by atoms with Gasteiger partial charge in [-0.25, -0.2) is 0 Å². The Labute approximate surface area is 513 Å². The van der Waals surface area contributed by atoms with Crippen LogP contribution in [0.3, 0.4) is 0 Å². The molecular formula is C77H130O6. The Kier molecular flexibility index (Phi) is 66.7. The lowest BCUT2D eigenvalue weighted by Gasteiger charge is -2.18. The summed E-state index contributed by atoms with van der Waals surface area (Å²) in [5.41, 5.74) is 0. The maximum atomic E-state index is 12.9. The zero-order chi connectivity index (χ0) is 59.9. The van der Waals surface area contributed by atoms with E-state index >= 15 is 0 Å². The quantitative estimate of drug-likeness (QED) is 0.0261. The number of rotatable bonds is 63. The summed E-state index contributed by atoms with van der Waals surface area (Å²) in [6.45, 7) is 6.38. The minimum atomic E-state index is -0.794. The monoisotopic (exact) mass is 1150 g/mol. The molecule has 1 unspecified atom stereocenters. The highest BCUT2D eigenvalue weighted by atomic mass is 16.6.